The third kappa shape index (κ3) is 6.38. The summed E-state index contributed by atoms with van der Waals surface area (Å²) in [7, 11) is 0. The fourth-order valence-corrected chi connectivity index (χ4v) is 3.90. The van der Waals surface area contributed by atoms with Gasteiger partial charge in [0.05, 0.1) is 16.7 Å². The number of likely N-dealkylation sites (tertiary alicyclic amines) is 1. The van der Waals surface area contributed by atoms with E-state index in [1.807, 2.05) is 6.92 Å². The highest BCUT2D eigenvalue weighted by Crippen LogP contribution is 2.39. The SMILES string of the molecule is CCNC(c1cc(Cl)c(Cl)cc1O)C1CCN(C(=O)[C@@H](CO)OC(=O)C(F)(F)F)CC1. The van der Waals surface area contributed by atoms with Gasteiger partial charge in [-0.3, -0.25) is 4.79 Å². The van der Waals surface area contributed by atoms with Gasteiger partial charge in [-0.15, -0.1) is 0 Å². The van der Waals surface area contributed by atoms with E-state index in [2.05, 4.69) is 10.1 Å². The molecule has 7 nitrogen and oxygen atoms in total. The number of rotatable bonds is 7. The van der Waals surface area contributed by atoms with Crippen molar-refractivity contribution in [2.24, 2.45) is 5.92 Å². The molecule has 1 amide bonds. The zero-order chi connectivity index (χ0) is 23.3. The Labute approximate surface area is 187 Å². The van der Waals surface area contributed by atoms with Gasteiger partial charge in [-0.2, -0.15) is 13.2 Å². The number of nitrogens with one attached hydrogen (secondary N) is 1. The topological polar surface area (TPSA) is 99.1 Å². The van der Waals surface area contributed by atoms with Gasteiger partial charge in [0.15, 0.2) is 0 Å². The molecule has 1 aromatic rings. The molecule has 0 aliphatic carbocycles. The summed E-state index contributed by atoms with van der Waals surface area (Å²) in [4.78, 5) is 24.7. The molecule has 1 aliphatic rings. The number of piperidine rings is 1. The predicted molar refractivity (Wildman–Crippen MR) is 107 cm³/mol. The number of phenolic OH excluding ortho intramolecular Hbond substituents is 1. The van der Waals surface area contributed by atoms with Crippen molar-refractivity contribution in [3.8, 4) is 5.75 Å². The molecule has 0 saturated carbocycles. The quantitative estimate of drug-likeness (QED) is 0.512. The van der Waals surface area contributed by atoms with E-state index in [1.54, 1.807) is 6.07 Å². The summed E-state index contributed by atoms with van der Waals surface area (Å²) in [6.07, 6.45) is -6.28. The Bertz CT molecular complexity index is 801. The summed E-state index contributed by atoms with van der Waals surface area (Å²) in [5.41, 5.74) is 0.549. The van der Waals surface area contributed by atoms with Crippen LogP contribution in [0.15, 0.2) is 12.1 Å². The van der Waals surface area contributed by atoms with Gasteiger partial charge in [-0.05, 0) is 31.4 Å². The third-order valence-corrected chi connectivity index (χ3v) is 5.80. The number of halogens is 5. The normalized spacial score (nSPS) is 17.3. The molecular formula is C19H23Cl2F3N2O5. The number of carbonyl (C=O) groups excluding carboxylic acids is 2. The fraction of sp³-hybridized carbons (Fsp3) is 0.579. The molecule has 1 fully saturated rings. The number of nitrogens with zero attached hydrogens (tertiary/aromatic N) is 1. The number of amides is 1. The van der Waals surface area contributed by atoms with Gasteiger partial charge in [-0.1, -0.05) is 30.1 Å². The molecule has 0 spiro atoms. The van der Waals surface area contributed by atoms with Crippen molar-refractivity contribution in [3.63, 3.8) is 0 Å². The van der Waals surface area contributed by atoms with E-state index in [0.29, 0.717) is 24.9 Å². The van der Waals surface area contributed by atoms with Crippen LogP contribution in [0.5, 0.6) is 5.75 Å². The van der Waals surface area contributed by atoms with Crippen LogP contribution in [-0.2, 0) is 14.3 Å². The largest absolute Gasteiger partial charge is 0.508 e. The second-order valence-electron chi connectivity index (χ2n) is 7.10. The average Bonchev–Trinajstić information content (AvgIpc) is 2.72. The van der Waals surface area contributed by atoms with Crippen molar-refractivity contribution in [1.82, 2.24) is 10.2 Å². The first-order chi connectivity index (χ1) is 14.5. The summed E-state index contributed by atoms with van der Waals surface area (Å²) in [5.74, 6) is -3.48. The number of aliphatic hydroxyl groups excluding tert-OH is 1. The Hall–Kier alpha value is -1.75. The maximum Gasteiger partial charge on any atom is 0.490 e. The number of esters is 1. The van der Waals surface area contributed by atoms with Gasteiger partial charge in [-0.25, -0.2) is 4.79 Å². The lowest BCUT2D eigenvalue weighted by Crippen LogP contribution is -2.49. The maximum absolute atomic E-state index is 12.4. The molecule has 1 unspecified atom stereocenters. The van der Waals surface area contributed by atoms with Crippen LogP contribution in [0.1, 0.15) is 31.4 Å². The lowest BCUT2D eigenvalue weighted by Gasteiger charge is -2.37. The van der Waals surface area contributed by atoms with Crippen molar-refractivity contribution in [2.75, 3.05) is 26.2 Å². The number of carbonyl (C=O) groups is 2. The van der Waals surface area contributed by atoms with E-state index in [0.717, 1.165) is 0 Å². The van der Waals surface area contributed by atoms with Gasteiger partial charge in [0.25, 0.3) is 5.91 Å². The van der Waals surface area contributed by atoms with Crippen LogP contribution in [-0.4, -0.2) is 65.5 Å². The van der Waals surface area contributed by atoms with Gasteiger partial charge < -0.3 is 25.2 Å². The van der Waals surface area contributed by atoms with Gasteiger partial charge in [0, 0.05) is 30.8 Å². The van der Waals surface area contributed by atoms with E-state index in [9.17, 15) is 33.0 Å². The van der Waals surface area contributed by atoms with Crippen LogP contribution in [0.2, 0.25) is 10.0 Å². The van der Waals surface area contributed by atoms with Crippen molar-refractivity contribution in [2.45, 2.75) is 38.1 Å². The van der Waals surface area contributed by atoms with Crippen LogP contribution in [0.4, 0.5) is 13.2 Å². The van der Waals surface area contributed by atoms with Crippen LogP contribution >= 0.6 is 23.2 Å². The van der Waals surface area contributed by atoms with E-state index in [-0.39, 0.29) is 40.8 Å². The highest BCUT2D eigenvalue weighted by atomic mass is 35.5. The molecule has 2 atom stereocenters. The first kappa shape index (κ1) is 25.5. The molecule has 0 bridgehead atoms. The van der Waals surface area contributed by atoms with Crippen molar-refractivity contribution in [3.05, 3.63) is 27.7 Å². The van der Waals surface area contributed by atoms with E-state index < -0.39 is 30.8 Å². The Balaban J connectivity index is 2.08. The van der Waals surface area contributed by atoms with Crippen LogP contribution in [0.25, 0.3) is 0 Å². The minimum absolute atomic E-state index is 0.0294. The van der Waals surface area contributed by atoms with E-state index in [1.165, 1.54) is 11.0 Å². The zero-order valence-corrected chi connectivity index (χ0v) is 18.1. The summed E-state index contributed by atoms with van der Waals surface area (Å²) < 4.78 is 41.3. The molecular weight excluding hydrogens is 464 g/mol. The number of ether oxygens (including phenoxy) is 1. The standard InChI is InChI=1S/C19H23Cl2F3N2O5/c1-2-25-16(11-7-12(20)13(21)8-14(11)28)10-3-5-26(6-4-10)17(29)15(9-27)31-18(30)19(22,23)24/h7-8,10,15-16,25,27-28H,2-6,9H2,1H3/t15-,16?/m1/s1. The Kier molecular flexibility index (Phi) is 8.82. The van der Waals surface area contributed by atoms with Crippen LogP contribution in [0.3, 0.4) is 0 Å². The van der Waals surface area contributed by atoms with Crippen LogP contribution in [0, 0.1) is 5.92 Å². The lowest BCUT2D eigenvalue weighted by molar-refractivity contribution is -0.208. The minimum Gasteiger partial charge on any atom is -0.508 e. The molecule has 0 radical (unpaired) electrons. The molecule has 1 aromatic carbocycles. The van der Waals surface area contributed by atoms with Crippen molar-refractivity contribution in [1.29, 1.82) is 0 Å². The number of benzene rings is 1. The second-order valence-corrected chi connectivity index (χ2v) is 7.91. The molecule has 1 saturated heterocycles. The van der Waals surface area contributed by atoms with Gasteiger partial charge in [0.1, 0.15) is 5.75 Å². The highest BCUT2D eigenvalue weighted by Gasteiger charge is 2.44. The Morgan fingerprint density at radius 1 is 1.26 bits per heavy atom. The zero-order valence-electron chi connectivity index (χ0n) is 16.6. The van der Waals surface area contributed by atoms with Gasteiger partial charge in [0.2, 0.25) is 6.10 Å². The number of aliphatic hydroxyl groups is 1. The molecule has 0 aromatic heterocycles. The molecule has 3 N–H and O–H groups in total. The molecule has 174 valence electrons. The van der Waals surface area contributed by atoms with Crippen LogP contribution < -0.4 is 5.32 Å². The number of hydrogen-bond acceptors (Lipinski definition) is 6. The minimum atomic E-state index is -5.26. The van der Waals surface area contributed by atoms with E-state index in [4.69, 9.17) is 23.2 Å². The number of alkyl halides is 3. The summed E-state index contributed by atoms with van der Waals surface area (Å²) >= 11 is 12.0. The number of aromatic hydroxyl groups is 1. The summed E-state index contributed by atoms with van der Waals surface area (Å²) in [5, 5.41) is 23.3. The second kappa shape index (κ2) is 10.7. The monoisotopic (exact) mass is 486 g/mol. The fourth-order valence-electron chi connectivity index (χ4n) is 3.57. The third-order valence-electron chi connectivity index (χ3n) is 5.07. The molecule has 1 heterocycles. The molecule has 2 rings (SSSR count). The first-order valence-electron chi connectivity index (χ1n) is 9.58. The molecule has 12 heteroatoms. The highest BCUT2D eigenvalue weighted by molar-refractivity contribution is 6.42. The van der Waals surface area contributed by atoms with Crippen molar-refractivity contribution < 1.29 is 37.7 Å². The van der Waals surface area contributed by atoms with E-state index >= 15 is 0 Å². The summed E-state index contributed by atoms with van der Waals surface area (Å²) in [6, 6.07) is 2.62. The Morgan fingerprint density at radius 2 is 1.84 bits per heavy atom. The van der Waals surface area contributed by atoms with Gasteiger partial charge >= 0.3 is 12.1 Å². The smallest absolute Gasteiger partial charge is 0.490 e. The lowest BCUT2D eigenvalue weighted by atomic mass is 9.84. The number of phenols is 1. The molecule has 1 aliphatic heterocycles. The maximum atomic E-state index is 12.4. The number of hydrogen-bond donors (Lipinski definition) is 3. The predicted octanol–water partition coefficient (Wildman–Crippen LogP) is 3.05. The molecule has 31 heavy (non-hydrogen) atoms. The Morgan fingerprint density at radius 3 is 2.35 bits per heavy atom. The summed E-state index contributed by atoms with van der Waals surface area (Å²) in [6.45, 7) is 1.77. The van der Waals surface area contributed by atoms with Crippen molar-refractivity contribution >= 4 is 35.1 Å². The first-order valence-corrected chi connectivity index (χ1v) is 10.3. The average molecular weight is 487 g/mol.